The van der Waals surface area contributed by atoms with Crippen molar-refractivity contribution in [1.82, 2.24) is 5.32 Å². The fraction of sp³-hybridized carbons (Fsp3) is 0.375. The van der Waals surface area contributed by atoms with Crippen molar-refractivity contribution in [3.8, 4) is 5.75 Å². The summed E-state index contributed by atoms with van der Waals surface area (Å²) in [6.45, 7) is 1.19. The first-order valence-corrected chi connectivity index (χ1v) is 10.5. The van der Waals surface area contributed by atoms with E-state index in [2.05, 4.69) is 10.6 Å². The average molecular weight is 424 g/mol. The van der Waals surface area contributed by atoms with E-state index in [0.717, 1.165) is 19.3 Å². The minimum atomic E-state index is -1.04. The molecule has 31 heavy (non-hydrogen) atoms. The molecule has 3 amide bonds. The van der Waals surface area contributed by atoms with Gasteiger partial charge in [0.15, 0.2) is 0 Å². The molecule has 0 radical (unpaired) electrons. The highest BCUT2D eigenvalue weighted by atomic mass is 16.5. The van der Waals surface area contributed by atoms with Crippen LogP contribution in [-0.4, -0.2) is 36.9 Å². The molecule has 3 rings (SSSR count). The number of nitrogens with one attached hydrogen (secondary N) is 2. The molecule has 2 N–H and O–H groups in total. The molecule has 2 aromatic carbocycles. The monoisotopic (exact) mass is 423 g/mol. The molecule has 7 nitrogen and oxygen atoms in total. The molecule has 1 aliphatic carbocycles. The van der Waals surface area contributed by atoms with Crippen LogP contribution in [0.5, 0.6) is 5.75 Å². The number of carbonyl (C=O) groups excluding carboxylic acids is 3. The first-order valence-electron chi connectivity index (χ1n) is 10.5. The van der Waals surface area contributed by atoms with E-state index in [1.807, 2.05) is 30.3 Å². The average Bonchev–Trinajstić information content (AvgIpc) is 2.79. The van der Waals surface area contributed by atoms with E-state index < -0.39 is 5.54 Å². The Hall–Kier alpha value is -3.35. The molecule has 0 aromatic heterocycles. The summed E-state index contributed by atoms with van der Waals surface area (Å²) in [5, 5.41) is 5.58. The molecule has 0 saturated heterocycles. The van der Waals surface area contributed by atoms with Crippen molar-refractivity contribution in [2.75, 3.05) is 23.9 Å². The van der Waals surface area contributed by atoms with Crippen LogP contribution in [0.4, 0.5) is 11.4 Å². The number of hydrogen-bond acceptors (Lipinski definition) is 4. The minimum absolute atomic E-state index is 0.179. The molecule has 0 atom stereocenters. The lowest BCUT2D eigenvalue weighted by atomic mass is 9.78. The number of amides is 3. The van der Waals surface area contributed by atoms with E-state index >= 15 is 0 Å². The van der Waals surface area contributed by atoms with Crippen molar-refractivity contribution in [2.45, 2.75) is 44.6 Å². The van der Waals surface area contributed by atoms with Gasteiger partial charge >= 0.3 is 0 Å². The molecule has 2 aromatic rings. The van der Waals surface area contributed by atoms with Crippen molar-refractivity contribution >= 4 is 29.1 Å². The summed E-state index contributed by atoms with van der Waals surface area (Å²) in [4.78, 5) is 40.0. The standard InChI is InChI=1S/C24H29N3O4/c1-18(28)25-17-22(29)27(20-11-13-21(31-2)14-12-20)24(15-7-4-8-16-24)23(30)26-19-9-5-3-6-10-19/h3,5-6,9-14H,4,7-8,15-17H2,1-2H3,(H,25,28)(H,26,30). The zero-order chi connectivity index (χ0) is 22.3. The maximum atomic E-state index is 13.7. The third-order valence-electron chi connectivity index (χ3n) is 5.63. The second-order valence-corrected chi connectivity index (χ2v) is 7.75. The van der Waals surface area contributed by atoms with Crippen LogP contribution in [0.1, 0.15) is 39.0 Å². The van der Waals surface area contributed by atoms with Gasteiger partial charge in [-0.15, -0.1) is 0 Å². The molecule has 0 unspecified atom stereocenters. The molecule has 0 heterocycles. The van der Waals surface area contributed by atoms with Gasteiger partial charge in [0.25, 0.3) is 5.91 Å². The third-order valence-corrected chi connectivity index (χ3v) is 5.63. The smallest absolute Gasteiger partial charge is 0.250 e. The predicted molar refractivity (Wildman–Crippen MR) is 120 cm³/mol. The zero-order valence-corrected chi connectivity index (χ0v) is 18.0. The summed E-state index contributed by atoms with van der Waals surface area (Å²) in [5.74, 6) is -0.185. The summed E-state index contributed by atoms with van der Waals surface area (Å²) in [5.41, 5.74) is 0.237. The van der Waals surface area contributed by atoms with Gasteiger partial charge in [-0.3, -0.25) is 19.3 Å². The number of benzene rings is 2. The Morgan fingerprint density at radius 1 is 0.968 bits per heavy atom. The summed E-state index contributed by atoms with van der Waals surface area (Å²) in [6, 6.07) is 16.3. The number of nitrogens with zero attached hydrogens (tertiary/aromatic N) is 1. The van der Waals surface area contributed by atoms with Gasteiger partial charge in [0.2, 0.25) is 11.8 Å². The predicted octanol–water partition coefficient (Wildman–Crippen LogP) is 3.51. The normalized spacial score (nSPS) is 14.9. The largest absolute Gasteiger partial charge is 0.497 e. The number of hydrogen-bond donors (Lipinski definition) is 2. The number of ether oxygens (including phenoxy) is 1. The molecular formula is C24H29N3O4. The molecule has 0 spiro atoms. The van der Waals surface area contributed by atoms with Crippen molar-refractivity contribution < 1.29 is 19.1 Å². The summed E-state index contributed by atoms with van der Waals surface area (Å²) < 4.78 is 5.25. The van der Waals surface area contributed by atoms with Gasteiger partial charge in [-0.25, -0.2) is 0 Å². The second-order valence-electron chi connectivity index (χ2n) is 7.75. The van der Waals surface area contributed by atoms with Crippen LogP contribution in [0.2, 0.25) is 0 Å². The van der Waals surface area contributed by atoms with E-state index in [-0.39, 0.29) is 24.3 Å². The molecule has 164 valence electrons. The summed E-state index contributed by atoms with van der Waals surface area (Å²) in [7, 11) is 1.57. The molecule has 7 heteroatoms. The van der Waals surface area contributed by atoms with Crippen LogP contribution >= 0.6 is 0 Å². The van der Waals surface area contributed by atoms with Crippen LogP contribution in [0.15, 0.2) is 54.6 Å². The Morgan fingerprint density at radius 2 is 1.61 bits per heavy atom. The van der Waals surface area contributed by atoms with E-state index in [0.29, 0.717) is 30.0 Å². The highest BCUT2D eigenvalue weighted by molar-refractivity contribution is 6.09. The van der Waals surface area contributed by atoms with Gasteiger partial charge < -0.3 is 15.4 Å². The highest BCUT2D eigenvalue weighted by Crippen LogP contribution is 2.38. The SMILES string of the molecule is COc1ccc(N(C(=O)CNC(C)=O)C2(C(=O)Nc3ccccc3)CCCCC2)cc1. The highest BCUT2D eigenvalue weighted by Gasteiger charge is 2.47. The van der Waals surface area contributed by atoms with Gasteiger partial charge in [-0.1, -0.05) is 37.5 Å². The van der Waals surface area contributed by atoms with Gasteiger partial charge in [-0.05, 0) is 49.2 Å². The van der Waals surface area contributed by atoms with Crippen LogP contribution in [-0.2, 0) is 14.4 Å². The van der Waals surface area contributed by atoms with Crippen molar-refractivity contribution in [1.29, 1.82) is 0 Å². The summed E-state index contributed by atoms with van der Waals surface area (Å²) in [6.07, 6.45) is 3.77. The second kappa shape index (κ2) is 10.1. The molecule has 0 aliphatic heterocycles. The number of para-hydroxylation sites is 1. The number of methoxy groups -OCH3 is 1. The van der Waals surface area contributed by atoms with Crippen LogP contribution in [0, 0.1) is 0 Å². The van der Waals surface area contributed by atoms with Crippen LogP contribution in [0.3, 0.4) is 0 Å². The maximum Gasteiger partial charge on any atom is 0.250 e. The minimum Gasteiger partial charge on any atom is -0.497 e. The first kappa shape index (κ1) is 22.3. The number of carbonyl (C=O) groups is 3. The topological polar surface area (TPSA) is 87.7 Å². The Morgan fingerprint density at radius 3 is 2.19 bits per heavy atom. The number of anilines is 2. The molecule has 1 aliphatic rings. The third kappa shape index (κ3) is 5.23. The number of rotatable bonds is 7. The fourth-order valence-electron chi connectivity index (χ4n) is 4.10. The molecule has 1 saturated carbocycles. The lowest BCUT2D eigenvalue weighted by molar-refractivity contribution is -0.128. The van der Waals surface area contributed by atoms with Crippen LogP contribution < -0.4 is 20.3 Å². The van der Waals surface area contributed by atoms with Gasteiger partial charge in [0, 0.05) is 18.3 Å². The summed E-state index contributed by atoms with van der Waals surface area (Å²) >= 11 is 0. The zero-order valence-electron chi connectivity index (χ0n) is 18.0. The molecule has 1 fully saturated rings. The lowest BCUT2D eigenvalue weighted by Crippen LogP contribution is -2.62. The van der Waals surface area contributed by atoms with E-state index in [1.165, 1.54) is 6.92 Å². The van der Waals surface area contributed by atoms with Crippen molar-refractivity contribution in [2.24, 2.45) is 0 Å². The fourth-order valence-corrected chi connectivity index (χ4v) is 4.10. The van der Waals surface area contributed by atoms with Crippen LogP contribution in [0.25, 0.3) is 0 Å². The van der Waals surface area contributed by atoms with Gasteiger partial charge in [0.1, 0.15) is 11.3 Å². The molecular weight excluding hydrogens is 394 g/mol. The van der Waals surface area contributed by atoms with E-state index in [9.17, 15) is 14.4 Å². The first-order chi connectivity index (χ1) is 15.0. The van der Waals surface area contributed by atoms with E-state index in [4.69, 9.17) is 4.74 Å². The lowest BCUT2D eigenvalue weighted by Gasteiger charge is -2.45. The van der Waals surface area contributed by atoms with Gasteiger partial charge in [0.05, 0.1) is 13.7 Å². The Balaban J connectivity index is 2.02. The quantitative estimate of drug-likeness (QED) is 0.713. The van der Waals surface area contributed by atoms with E-state index in [1.54, 1.807) is 36.3 Å². The van der Waals surface area contributed by atoms with Gasteiger partial charge in [-0.2, -0.15) is 0 Å². The maximum absolute atomic E-state index is 13.7. The Kier molecular flexibility index (Phi) is 7.28. The van der Waals surface area contributed by atoms with Crippen molar-refractivity contribution in [3.05, 3.63) is 54.6 Å². The Bertz CT molecular complexity index is 906. The molecule has 0 bridgehead atoms. The van der Waals surface area contributed by atoms with Crippen molar-refractivity contribution in [3.63, 3.8) is 0 Å². The Labute approximate surface area is 182 Å².